The van der Waals surface area contributed by atoms with Gasteiger partial charge in [0, 0.05) is 30.9 Å². The molecular formula is C40H22O2S. The van der Waals surface area contributed by atoms with Gasteiger partial charge in [0.2, 0.25) is 0 Å². The molecule has 0 saturated carbocycles. The standard InChI is InChI=1S/C40H22O2S/c1-3-12-28-26(10-1)37(23-17-18-25-24-9-6-8-16-35(24)43-36(25)21-23)27-11-2-4-13-29(27)38(28)32-22-34-31(19-20-41-34)40-39(32)30-14-5-7-15-33(30)42-40/h1-22H. The zero-order chi connectivity index (χ0) is 28.1. The quantitative estimate of drug-likeness (QED) is 0.195. The summed E-state index contributed by atoms with van der Waals surface area (Å²) in [6.07, 6.45) is 1.75. The van der Waals surface area contributed by atoms with Gasteiger partial charge in [-0.15, -0.1) is 11.3 Å². The van der Waals surface area contributed by atoms with E-state index in [0.717, 1.165) is 38.5 Å². The highest BCUT2D eigenvalue weighted by atomic mass is 32.1. The molecule has 10 rings (SSSR count). The fourth-order valence-corrected chi connectivity index (χ4v) is 8.28. The summed E-state index contributed by atoms with van der Waals surface area (Å²) in [5.41, 5.74) is 7.41. The van der Waals surface area contributed by atoms with E-state index in [0.29, 0.717) is 0 Å². The number of fused-ring (bicyclic) bond motifs is 10. The van der Waals surface area contributed by atoms with E-state index in [4.69, 9.17) is 8.83 Å². The molecule has 0 saturated heterocycles. The second kappa shape index (κ2) is 8.57. The van der Waals surface area contributed by atoms with E-state index in [9.17, 15) is 0 Å². The number of rotatable bonds is 2. The summed E-state index contributed by atoms with van der Waals surface area (Å²) in [4.78, 5) is 0. The summed E-state index contributed by atoms with van der Waals surface area (Å²) in [6.45, 7) is 0. The molecule has 0 unspecified atom stereocenters. The van der Waals surface area contributed by atoms with Crippen molar-refractivity contribution >= 4 is 86.0 Å². The predicted molar refractivity (Wildman–Crippen MR) is 182 cm³/mol. The molecule has 200 valence electrons. The fraction of sp³-hybridized carbons (Fsp3) is 0. The highest BCUT2D eigenvalue weighted by Crippen LogP contribution is 2.49. The molecule has 7 aromatic carbocycles. The van der Waals surface area contributed by atoms with Crippen LogP contribution in [0.25, 0.3) is 96.9 Å². The first-order chi connectivity index (χ1) is 21.3. The molecule has 0 aliphatic rings. The van der Waals surface area contributed by atoms with Crippen LogP contribution in [0.2, 0.25) is 0 Å². The zero-order valence-corrected chi connectivity index (χ0v) is 23.7. The molecule has 2 nitrogen and oxygen atoms in total. The minimum absolute atomic E-state index is 0.828. The van der Waals surface area contributed by atoms with Crippen molar-refractivity contribution in [2.75, 3.05) is 0 Å². The first-order valence-electron chi connectivity index (χ1n) is 14.5. The van der Waals surface area contributed by atoms with Crippen LogP contribution in [0.1, 0.15) is 0 Å². The molecule has 3 aromatic heterocycles. The molecule has 0 aliphatic heterocycles. The Morgan fingerprint density at radius 2 is 1.07 bits per heavy atom. The number of benzene rings is 7. The van der Waals surface area contributed by atoms with Crippen molar-refractivity contribution in [2.24, 2.45) is 0 Å². The third kappa shape index (κ3) is 3.17. The normalized spacial score (nSPS) is 12.2. The zero-order valence-electron chi connectivity index (χ0n) is 22.9. The third-order valence-electron chi connectivity index (χ3n) is 8.95. The predicted octanol–water partition coefficient (Wildman–Crippen LogP) is 12.3. The van der Waals surface area contributed by atoms with Gasteiger partial charge in [0.25, 0.3) is 0 Å². The summed E-state index contributed by atoms with van der Waals surface area (Å²) >= 11 is 1.87. The lowest BCUT2D eigenvalue weighted by molar-refractivity contribution is 0.615. The molecule has 43 heavy (non-hydrogen) atoms. The Bertz CT molecular complexity index is 2680. The van der Waals surface area contributed by atoms with Crippen LogP contribution in [0.5, 0.6) is 0 Å². The Balaban J connectivity index is 1.36. The van der Waals surface area contributed by atoms with Crippen LogP contribution in [0.4, 0.5) is 0 Å². The molecule has 0 amide bonds. The molecule has 10 aromatic rings. The minimum atomic E-state index is 0.828. The smallest absolute Gasteiger partial charge is 0.147 e. The average Bonchev–Trinajstić information content (AvgIpc) is 3.78. The minimum Gasteiger partial charge on any atom is -0.464 e. The van der Waals surface area contributed by atoms with E-state index < -0.39 is 0 Å². The Hall–Kier alpha value is -5.38. The van der Waals surface area contributed by atoms with Crippen LogP contribution in [-0.2, 0) is 0 Å². The highest BCUT2D eigenvalue weighted by molar-refractivity contribution is 7.25. The van der Waals surface area contributed by atoms with Crippen molar-refractivity contribution in [3.8, 4) is 22.3 Å². The van der Waals surface area contributed by atoms with E-state index >= 15 is 0 Å². The van der Waals surface area contributed by atoms with Gasteiger partial charge in [0.1, 0.15) is 16.7 Å². The Labute approximate surface area is 250 Å². The Kier molecular flexibility index (Phi) is 4.63. The van der Waals surface area contributed by atoms with E-state index in [1.54, 1.807) is 6.26 Å². The van der Waals surface area contributed by atoms with Gasteiger partial charge >= 0.3 is 0 Å². The van der Waals surface area contributed by atoms with Crippen molar-refractivity contribution in [1.82, 2.24) is 0 Å². The van der Waals surface area contributed by atoms with E-state index in [-0.39, 0.29) is 0 Å². The van der Waals surface area contributed by atoms with Crippen molar-refractivity contribution in [3.05, 3.63) is 134 Å². The second-order valence-electron chi connectivity index (χ2n) is 11.2. The van der Waals surface area contributed by atoms with Crippen LogP contribution < -0.4 is 0 Å². The van der Waals surface area contributed by atoms with Crippen molar-refractivity contribution in [1.29, 1.82) is 0 Å². The van der Waals surface area contributed by atoms with E-state index in [2.05, 4.69) is 115 Å². The molecule has 0 N–H and O–H groups in total. The maximum atomic E-state index is 6.51. The van der Waals surface area contributed by atoms with Crippen LogP contribution in [-0.4, -0.2) is 0 Å². The van der Waals surface area contributed by atoms with Gasteiger partial charge in [0.15, 0.2) is 0 Å². The Morgan fingerprint density at radius 1 is 0.442 bits per heavy atom. The van der Waals surface area contributed by atoms with Gasteiger partial charge in [-0.05, 0) is 74.1 Å². The van der Waals surface area contributed by atoms with Crippen LogP contribution >= 0.6 is 11.3 Å². The SMILES string of the molecule is c1ccc2c(c1)oc1c3ccoc3cc(-c3c4ccccc4c(-c4ccc5c(c4)sc4ccccc45)c4ccccc34)c21. The van der Waals surface area contributed by atoms with Crippen LogP contribution in [0.15, 0.2) is 142 Å². The molecule has 0 aliphatic carbocycles. The molecule has 0 radical (unpaired) electrons. The lowest BCUT2D eigenvalue weighted by atomic mass is 9.84. The molecular weight excluding hydrogens is 545 g/mol. The van der Waals surface area contributed by atoms with Crippen LogP contribution in [0, 0.1) is 0 Å². The van der Waals surface area contributed by atoms with Gasteiger partial charge < -0.3 is 8.83 Å². The molecule has 3 heteroatoms. The van der Waals surface area contributed by atoms with Crippen molar-refractivity contribution in [3.63, 3.8) is 0 Å². The molecule has 0 fully saturated rings. The maximum absolute atomic E-state index is 6.51. The van der Waals surface area contributed by atoms with Gasteiger partial charge in [-0.2, -0.15) is 0 Å². The van der Waals surface area contributed by atoms with E-state index in [1.807, 2.05) is 23.5 Å². The second-order valence-corrected chi connectivity index (χ2v) is 12.3. The number of hydrogen-bond acceptors (Lipinski definition) is 3. The maximum Gasteiger partial charge on any atom is 0.147 e. The largest absolute Gasteiger partial charge is 0.464 e. The lowest BCUT2D eigenvalue weighted by Crippen LogP contribution is -1.91. The molecule has 0 spiro atoms. The Morgan fingerprint density at radius 3 is 1.84 bits per heavy atom. The topological polar surface area (TPSA) is 26.3 Å². The fourth-order valence-electron chi connectivity index (χ4n) is 7.13. The number of para-hydroxylation sites is 1. The van der Waals surface area contributed by atoms with Gasteiger partial charge in [-0.25, -0.2) is 0 Å². The summed E-state index contributed by atoms with van der Waals surface area (Å²) < 4.78 is 15.2. The lowest BCUT2D eigenvalue weighted by Gasteiger charge is -2.18. The van der Waals surface area contributed by atoms with Gasteiger partial charge in [-0.1, -0.05) is 97.1 Å². The van der Waals surface area contributed by atoms with Gasteiger partial charge in [-0.3, -0.25) is 0 Å². The van der Waals surface area contributed by atoms with Gasteiger partial charge in [0.05, 0.1) is 11.6 Å². The van der Waals surface area contributed by atoms with E-state index in [1.165, 1.54) is 58.4 Å². The first kappa shape index (κ1) is 23.2. The summed E-state index contributed by atoms with van der Waals surface area (Å²) in [6, 6.07) is 45.9. The summed E-state index contributed by atoms with van der Waals surface area (Å²) in [7, 11) is 0. The average molecular weight is 567 g/mol. The molecule has 3 heterocycles. The van der Waals surface area contributed by atoms with Crippen molar-refractivity contribution < 1.29 is 8.83 Å². The highest BCUT2D eigenvalue weighted by Gasteiger charge is 2.22. The summed E-state index contributed by atoms with van der Waals surface area (Å²) in [5.74, 6) is 0. The number of thiophene rings is 1. The third-order valence-corrected chi connectivity index (χ3v) is 10.1. The number of hydrogen-bond donors (Lipinski definition) is 0. The number of furan rings is 2. The summed E-state index contributed by atoms with van der Waals surface area (Å²) in [5, 5.41) is 10.8. The molecule has 0 atom stereocenters. The first-order valence-corrected chi connectivity index (χ1v) is 15.3. The van der Waals surface area contributed by atoms with Crippen molar-refractivity contribution in [2.45, 2.75) is 0 Å². The molecule has 0 bridgehead atoms. The monoisotopic (exact) mass is 566 g/mol. The van der Waals surface area contributed by atoms with Crippen LogP contribution in [0.3, 0.4) is 0 Å².